The van der Waals surface area contributed by atoms with E-state index < -0.39 is 19.9 Å². The zero-order valence-electron chi connectivity index (χ0n) is 4.92. The Hall–Kier alpha value is -0.0116. The Morgan fingerprint density at radius 1 is 1.75 bits per heavy atom. The first-order chi connectivity index (χ1) is 3.42. The van der Waals surface area contributed by atoms with E-state index in [1.54, 1.807) is 11.4 Å². The number of hydrogen-bond acceptors (Lipinski definition) is 3. The third-order valence-electron chi connectivity index (χ3n) is 0.516. The molecule has 0 heterocycles. The van der Waals surface area contributed by atoms with E-state index in [2.05, 4.69) is 0 Å². The van der Waals surface area contributed by atoms with Gasteiger partial charge in [-0.05, 0) is 0 Å². The van der Waals surface area contributed by atoms with Gasteiger partial charge in [-0.15, -0.1) is 0 Å². The summed E-state index contributed by atoms with van der Waals surface area (Å²) < 4.78 is 8.94. The second-order valence-electron chi connectivity index (χ2n) is 2.15. The summed E-state index contributed by atoms with van der Waals surface area (Å²) in [6.45, 7) is 0. The number of carbonyl (C=O) groups excluding carboxylic acids is 1. The van der Waals surface area contributed by atoms with Crippen LogP contribution < -0.4 is 5.11 Å². The normalized spacial score (nSPS) is 11.4. The van der Waals surface area contributed by atoms with Crippen molar-refractivity contribution < 1.29 is 14.0 Å². The molecule has 8 heavy (non-hydrogen) atoms. The van der Waals surface area contributed by atoms with Crippen molar-refractivity contribution in [3.8, 4) is 0 Å². The van der Waals surface area contributed by atoms with Gasteiger partial charge in [0.05, 0.1) is 0 Å². The van der Waals surface area contributed by atoms with Crippen molar-refractivity contribution in [3.05, 3.63) is 0 Å². The average Bonchev–Trinajstić information content (AvgIpc) is 1.21. The fourth-order valence-electron chi connectivity index (χ4n) is 0.316. The Kier molecular flexibility index (Phi) is 2.51. The molecule has 1 radical (unpaired) electrons. The fourth-order valence-corrected chi connectivity index (χ4v) is 1.64. The molecule has 0 aromatic rings. The van der Waals surface area contributed by atoms with Crippen molar-refractivity contribution in [2.24, 2.45) is 0 Å². The molecule has 4 heteroatoms. The summed E-state index contributed by atoms with van der Waals surface area (Å²) in [5.41, 5.74) is 3.18. The molecular formula is C4H9AsO3-. The van der Waals surface area contributed by atoms with Gasteiger partial charge in [0.1, 0.15) is 0 Å². The van der Waals surface area contributed by atoms with Crippen molar-refractivity contribution in [1.29, 1.82) is 0 Å². The Morgan fingerprint density at radius 2 is 2.12 bits per heavy atom. The van der Waals surface area contributed by atoms with E-state index >= 15 is 0 Å². The number of rotatable bonds is 2. The van der Waals surface area contributed by atoms with Crippen LogP contribution in [0.5, 0.6) is 0 Å². The zero-order chi connectivity index (χ0) is 6.78. The van der Waals surface area contributed by atoms with Gasteiger partial charge in [-0.25, -0.2) is 0 Å². The Bertz CT molecular complexity index is 93.9. The van der Waals surface area contributed by atoms with Crippen LogP contribution in [0.2, 0.25) is 16.6 Å². The van der Waals surface area contributed by atoms with Crippen LogP contribution >= 0.6 is 0 Å². The molecule has 0 aliphatic carbocycles. The Balaban J connectivity index is 3.55. The van der Waals surface area contributed by atoms with Crippen LogP contribution in [0.15, 0.2) is 0 Å². The summed E-state index contributed by atoms with van der Waals surface area (Å²) in [5.74, 6) is -1.15. The molecule has 0 aliphatic heterocycles. The number of hydrogen-bond donors (Lipinski definition) is 1. The van der Waals surface area contributed by atoms with Gasteiger partial charge in [0.15, 0.2) is 0 Å². The van der Waals surface area contributed by atoms with E-state index in [1.807, 2.05) is 0 Å². The molecule has 3 nitrogen and oxygen atoms in total. The molecule has 1 N–H and O–H groups in total. The van der Waals surface area contributed by atoms with E-state index in [0.717, 1.165) is 0 Å². The van der Waals surface area contributed by atoms with Crippen LogP contribution in [0.3, 0.4) is 0 Å². The number of carboxylic acids is 1. The van der Waals surface area contributed by atoms with Crippen molar-refractivity contribution in [2.75, 3.05) is 0 Å². The van der Waals surface area contributed by atoms with Crippen LogP contribution in [0.25, 0.3) is 0 Å². The molecule has 0 fully saturated rings. The first kappa shape index (κ1) is 7.99. The monoisotopic (exact) mass is 180 g/mol. The molecule has 49 valence electrons. The molecule has 0 saturated heterocycles. The number of carbonyl (C=O) groups is 1. The zero-order valence-corrected chi connectivity index (χ0v) is 6.79. The SMILES string of the molecule is C[As](C)(O)CC(=O)[O-]. The molecular weight excluding hydrogens is 171 g/mol. The molecule has 0 rings (SSSR count). The van der Waals surface area contributed by atoms with Gasteiger partial charge in [-0.3, -0.25) is 0 Å². The molecule has 0 bridgehead atoms. The predicted octanol–water partition coefficient (Wildman–Crippen LogP) is -1.07. The summed E-state index contributed by atoms with van der Waals surface area (Å²) in [7, 11) is 0. The molecule has 0 aromatic heterocycles. The average molecular weight is 180 g/mol. The first-order valence-electron chi connectivity index (χ1n) is 2.17. The quantitative estimate of drug-likeness (QED) is 0.550. The molecule has 0 aliphatic rings. The van der Waals surface area contributed by atoms with E-state index in [1.165, 1.54) is 0 Å². The summed E-state index contributed by atoms with van der Waals surface area (Å²) in [4.78, 5) is 9.79. The van der Waals surface area contributed by atoms with Crippen molar-refractivity contribution >= 4 is 19.9 Å². The van der Waals surface area contributed by atoms with Crippen LogP contribution in [-0.2, 0) is 4.79 Å². The van der Waals surface area contributed by atoms with Gasteiger partial charge in [-0.1, -0.05) is 0 Å². The fraction of sp³-hybridized carbons (Fsp3) is 0.750. The Labute approximate surface area is 51.1 Å². The predicted molar refractivity (Wildman–Crippen MR) is 29.5 cm³/mol. The summed E-state index contributed by atoms with van der Waals surface area (Å²) in [6, 6.07) is 0. The maximum atomic E-state index is 9.79. The topological polar surface area (TPSA) is 60.4 Å². The van der Waals surface area contributed by atoms with Gasteiger partial charge < -0.3 is 0 Å². The maximum absolute atomic E-state index is 9.79. The second-order valence-corrected chi connectivity index (χ2v) is 9.62. The van der Waals surface area contributed by atoms with Crippen LogP contribution in [-0.4, -0.2) is 24.0 Å². The number of carboxylic acid groups (broad SMARTS) is 1. The molecule has 0 saturated carbocycles. The van der Waals surface area contributed by atoms with Crippen molar-refractivity contribution in [1.82, 2.24) is 0 Å². The summed E-state index contributed by atoms with van der Waals surface area (Å²) in [5, 5.41) is 9.65. The van der Waals surface area contributed by atoms with Gasteiger partial charge >= 0.3 is 50.5 Å². The van der Waals surface area contributed by atoms with Crippen LogP contribution in [0, 0.1) is 0 Å². The van der Waals surface area contributed by atoms with Gasteiger partial charge in [-0.2, -0.15) is 0 Å². The van der Waals surface area contributed by atoms with Crippen molar-refractivity contribution in [2.45, 2.75) is 16.6 Å². The van der Waals surface area contributed by atoms with Crippen LogP contribution in [0.1, 0.15) is 0 Å². The molecule has 0 unspecified atom stereocenters. The minimum atomic E-state index is -2.68. The molecule has 0 atom stereocenters. The summed E-state index contributed by atoms with van der Waals surface area (Å²) in [6.07, 6.45) is 0. The summed E-state index contributed by atoms with van der Waals surface area (Å²) >= 11 is -2.68. The van der Waals surface area contributed by atoms with Gasteiger partial charge in [0.25, 0.3) is 0 Å². The Morgan fingerprint density at radius 3 is 2.12 bits per heavy atom. The molecule has 0 aromatic carbocycles. The third kappa shape index (κ3) is 5.99. The van der Waals surface area contributed by atoms with E-state index in [0.29, 0.717) is 0 Å². The molecule has 0 amide bonds. The van der Waals surface area contributed by atoms with Gasteiger partial charge in [0.2, 0.25) is 0 Å². The van der Waals surface area contributed by atoms with E-state index in [9.17, 15) is 9.90 Å². The van der Waals surface area contributed by atoms with E-state index in [4.69, 9.17) is 4.10 Å². The van der Waals surface area contributed by atoms with Gasteiger partial charge in [0, 0.05) is 0 Å². The standard InChI is InChI=1S/C4H10AsO3/c1-5(2,8)3-4(6)7/h8H,3H2,1-2H3,(H,6,7)/p-1. The number of aliphatic carboxylic acids is 1. The second kappa shape index (κ2) is 2.51. The molecule has 0 spiro atoms. The van der Waals surface area contributed by atoms with Crippen LogP contribution in [0.4, 0.5) is 0 Å². The first-order valence-corrected chi connectivity index (χ1v) is 8.09. The van der Waals surface area contributed by atoms with E-state index in [-0.39, 0.29) is 5.21 Å². The van der Waals surface area contributed by atoms with Crippen molar-refractivity contribution in [3.63, 3.8) is 0 Å². The minimum absolute atomic E-state index is 0.141. The third-order valence-corrected chi connectivity index (χ3v) is 2.68.